The van der Waals surface area contributed by atoms with Gasteiger partial charge in [-0.3, -0.25) is 9.78 Å². The van der Waals surface area contributed by atoms with E-state index in [0.717, 1.165) is 33.2 Å². The number of carbonyl (C=O) groups excluding carboxylic acids is 1. The molecule has 0 aliphatic heterocycles. The number of hydrogen-bond acceptors (Lipinski definition) is 4. The van der Waals surface area contributed by atoms with Gasteiger partial charge in [0.2, 0.25) is 5.91 Å². The van der Waals surface area contributed by atoms with Gasteiger partial charge < -0.3 is 5.32 Å². The first-order valence-corrected chi connectivity index (χ1v) is 8.22. The molecule has 4 nitrogen and oxygen atoms in total. The van der Waals surface area contributed by atoms with Crippen molar-refractivity contribution in [1.29, 1.82) is 0 Å². The summed E-state index contributed by atoms with van der Waals surface area (Å²) in [5.41, 5.74) is 4.64. The molecule has 2 heterocycles. The Morgan fingerprint density at radius 1 is 1.17 bits per heavy atom. The van der Waals surface area contributed by atoms with Gasteiger partial charge >= 0.3 is 0 Å². The second-order valence-electron chi connectivity index (χ2n) is 5.41. The SMILES string of the molecule is Cc1ccc(CC(=O)Nc2cccc(-c3nc(C)cs3)c2)cn1. The quantitative estimate of drug-likeness (QED) is 0.789. The number of aryl methyl sites for hydroxylation is 2. The molecule has 0 unspecified atom stereocenters. The minimum atomic E-state index is -0.0527. The summed E-state index contributed by atoms with van der Waals surface area (Å²) in [6.45, 7) is 3.90. The van der Waals surface area contributed by atoms with E-state index >= 15 is 0 Å². The number of anilines is 1. The van der Waals surface area contributed by atoms with Gasteiger partial charge in [0, 0.05) is 34.2 Å². The van der Waals surface area contributed by atoms with Crippen LogP contribution in [0.4, 0.5) is 5.69 Å². The van der Waals surface area contributed by atoms with Crippen molar-refractivity contribution in [2.75, 3.05) is 5.32 Å². The molecule has 0 atom stereocenters. The molecular weight excluding hydrogens is 306 g/mol. The Kier molecular flexibility index (Phi) is 4.48. The molecule has 1 amide bonds. The highest BCUT2D eigenvalue weighted by atomic mass is 32.1. The highest BCUT2D eigenvalue weighted by molar-refractivity contribution is 7.13. The van der Waals surface area contributed by atoms with Crippen molar-refractivity contribution >= 4 is 22.9 Å². The minimum absolute atomic E-state index is 0.0527. The highest BCUT2D eigenvalue weighted by Crippen LogP contribution is 2.25. The van der Waals surface area contributed by atoms with Gasteiger partial charge in [0.25, 0.3) is 0 Å². The fourth-order valence-corrected chi connectivity index (χ4v) is 3.00. The first-order chi connectivity index (χ1) is 11.1. The Bertz CT molecular complexity index is 824. The van der Waals surface area contributed by atoms with Crippen LogP contribution in [0.15, 0.2) is 48.0 Å². The molecule has 1 aromatic carbocycles. The van der Waals surface area contributed by atoms with Crippen LogP contribution in [0.2, 0.25) is 0 Å². The van der Waals surface area contributed by atoms with Crippen molar-refractivity contribution in [1.82, 2.24) is 9.97 Å². The fraction of sp³-hybridized carbons (Fsp3) is 0.167. The van der Waals surface area contributed by atoms with E-state index in [2.05, 4.69) is 15.3 Å². The lowest BCUT2D eigenvalue weighted by atomic mass is 10.1. The maximum Gasteiger partial charge on any atom is 0.228 e. The van der Waals surface area contributed by atoms with Crippen molar-refractivity contribution in [2.24, 2.45) is 0 Å². The Morgan fingerprint density at radius 3 is 2.74 bits per heavy atom. The normalized spacial score (nSPS) is 10.5. The van der Waals surface area contributed by atoms with Crippen LogP contribution in [0.25, 0.3) is 10.6 Å². The van der Waals surface area contributed by atoms with Gasteiger partial charge in [-0.2, -0.15) is 0 Å². The third kappa shape index (κ3) is 4.02. The van der Waals surface area contributed by atoms with Crippen LogP contribution in [0, 0.1) is 13.8 Å². The largest absolute Gasteiger partial charge is 0.326 e. The third-order valence-electron chi connectivity index (χ3n) is 3.35. The molecule has 0 fully saturated rings. The number of nitrogens with zero attached hydrogens (tertiary/aromatic N) is 2. The lowest BCUT2D eigenvalue weighted by molar-refractivity contribution is -0.115. The summed E-state index contributed by atoms with van der Waals surface area (Å²) in [5, 5.41) is 5.91. The van der Waals surface area contributed by atoms with Gasteiger partial charge in [0.15, 0.2) is 0 Å². The van der Waals surface area contributed by atoms with Crippen molar-refractivity contribution in [3.63, 3.8) is 0 Å². The summed E-state index contributed by atoms with van der Waals surface area (Å²) in [7, 11) is 0. The number of aromatic nitrogens is 2. The zero-order valence-electron chi connectivity index (χ0n) is 13.0. The standard InChI is InChI=1S/C18H17N3OS/c1-12-6-7-14(10-19-12)8-17(22)21-16-5-3-4-15(9-16)18-20-13(2)11-23-18/h3-7,9-11H,8H2,1-2H3,(H,21,22). The van der Waals surface area contributed by atoms with E-state index in [0.29, 0.717) is 6.42 Å². The van der Waals surface area contributed by atoms with E-state index in [4.69, 9.17) is 0 Å². The Balaban J connectivity index is 1.70. The second kappa shape index (κ2) is 6.71. The van der Waals surface area contributed by atoms with Crippen LogP contribution in [-0.4, -0.2) is 15.9 Å². The van der Waals surface area contributed by atoms with E-state index in [1.807, 2.05) is 55.6 Å². The second-order valence-corrected chi connectivity index (χ2v) is 6.27. The number of thiazole rings is 1. The van der Waals surface area contributed by atoms with Gasteiger partial charge in [-0.1, -0.05) is 18.2 Å². The summed E-state index contributed by atoms with van der Waals surface area (Å²) < 4.78 is 0. The molecule has 0 saturated carbocycles. The monoisotopic (exact) mass is 323 g/mol. The van der Waals surface area contributed by atoms with Crippen LogP contribution >= 0.6 is 11.3 Å². The van der Waals surface area contributed by atoms with Crippen LogP contribution in [0.1, 0.15) is 17.0 Å². The molecule has 116 valence electrons. The Labute approximate surface area is 139 Å². The van der Waals surface area contributed by atoms with E-state index in [9.17, 15) is 4.79 Å². The Morgan fingerprint density at radius 2 is 2.04 bits per heavy atom. The molecule has 1 N–H and O–H groups in total. The van der Waals surface area contributed by atoms with Gasteiger partial charge in [0.1, 0.15) is 5.01 Å². The molecule has 23 heavy (non-hydrogen) atoms. The molecule has 3 aromatic rings. The zero-order chi connectivity index (χ0) is 16.2. The zero-order valence-corrected chi connectivity index (χ0v) is 13.9. The van der Waals surface area contributed by atoms with E-state index in [1.165, 1.54) is 0 Å². The van der Waals surface area contributed by atoms with Crippen molar-refractivity contribution in [2.45, 2.75) is 20.3 Å². The molecule has 5 heteroatoms. The summed E-state index contributed by atoms with van der Waals surface area (Å²) in [6.07, 6.45) is 2.05. The van der Waals surface area contributed by atoms with E-state index < -0.39 is 0 Å². The van der Waals surface area contributed by atoms with E-state index in [1.54, 1.807) is 17.5 Å². The highest BCUT2D eigenvalue weighted by Gasteiger charge is 2.07. The summed E-state index contributed by atoms with van der Waals surface area (Å²) in [5.74, 6) is -0.0527. The summed E-state index contributed by atoms with van der Waals surface area (Å²) in [6, 6.07) is 11.6. The molecule has 2 aromatic heterocycles. The molecular formula is C18H17N3OS. The fourth-order valence-electron chi connectivity index (χ4n) is 2.21. The van der Waals surface area contributed by atoms with Gasteiger partial charge in [-0.15, -0.1) is 11.3 Å². The van der Waals surface area contributed by atoms with Crippen molar-refractivity contribution < 1.29 is 4.79 Å². The topological polar surface area (TPSA) is 54.9 Å². The minimum Gasteiger partial charge on any atom is -0.326 e. The smallest absolute Gasteiger partial charge is 0.228 e. The third-order valence-corrected chi connectivity index (χ3v) is 4.36. The number of rotatable bonds is 4. The van der Waals surface area contributed by atoms with Crippen molar-refractivity contribution in [3.05, 3.63) is 64.9 Å². The molecule has 0 spiro atoms. The molecule has 3 rings (SSSR count). The Hall–Kier alpha value is -2.53. The predicted octanol–water partition coefficient (Wildman–Crippen LogP) is 4.00. The van der Waals surface area contributed by atoms with Crippen LogP contribution < -0.4 is 5.32 Å². The number of amides is 1. The molecule has 0 radical (unpaired) electrons. The van der Waals surface area contributed by atoms with E-state index in [-0.39, 0.29) is 5.91 Å². The molecule has 0 bridgehead atoms. The summed E-state index contributed by atoms with van der Waals surface area (Å²) >= 11 is 1.60. The number of nitrogens with one attached hydrogen (secondary N) is 1. The molecule has 0 aliphatic rings. The van der Waals surface area contributed by atoms with Crippen LogP contribution in [0.5, 0.6) is 0 Å². The first-order valence-electron chi connectivity index (χ1n) is 7.34. The number of carbonyl (C=O) groups is 1. The number of benzene rings is 1. The summed E-state index contributed by atoms with van der Waals surface area (Å²) in [4.78, 5) is 20.8. The van der Waals surface area contributed by atoms with Crippen LogP contribution in [0.3, 0.4) is 0 Å². The van der Waals surface area contributed by atoms with Gasteiger partial charge in [0.05, 0.1) is 6.42 Å². The molecule has 0 saturated heterocycles. The molecule has 0 aliphatic carbocycles. The average Bonchev–Trinajstić information content (AvgIpc) is 2.96. The maximum atomic E-state index is 12.2. The lowest BCUT2D eigenvalue weighted by Crippen LogP contribution is -2.14. The maximum absolute atomic E-state index is 12.2. The predicted molar refractivity (Wildman–Crippen MR) is 93.6 cm³/mol. The number of pyridine rings is 1. The number of hydrogen-bond donors (Lipinski definition) is 1. The van der Waals surface area contributed by atoms with Gasteiger partial charge in [-0.25, -0.2) is 4.98 Å². The van der Waals surface area contributed by atoms with Crippen LogP contribution in [-0.2, 0) is 11.2 Å². The van der Waals surface area contributed by atoms with Crippen molar-refractivity contribution in [3.8, 4) is 10.6 Å². The average molecular weight is 323 g/mol. The van der Waals surface area contributed by atoms with Gasteiger partial charge in [-0.05, 0) is 37.6 Å². The first kappa shape index (κ1) is 15.4. The lowest BCUT2D eigenvalue weighted by Gasteiger charge is -2.07.